The first-order valence-electron chi connectivity index (χ1n) is 7.98. The molecule has 0 unspecified atom stereocenters. The molecule has 0 atom stereocenters. The molecule has 0 fully saturated rings. The molecule has 0 bridgehead atoms. The maximum absolute atomic E-state index is 5.94. The van der Waals surface area contributed by atoms with Gasteiger partial charge in [0.05, 0.1) is 21.6 Å². The van der Waals surface area contributed by atoms with E-state index in [1.807, 2.05) is 61.7 Å². The van der Waals surface area contributed by atoms with Crippen molar-refractivity contribution in [3.63, 3.8) is 0 Å². The third-order valence-electron chi connectivity index (χ3n) is 3.33. The van der Waals surface area contributed by atoms with Crippen molar-refractivity contribution < 1.29 is 4.74 Å². The first-order valence-corrected chi connectivity index (χ1v) is 10.7. The molecule has 0 saturated heterocycles. The summed E-state index contributed by atoms with van der Waals surface area (Å²) in [5, 5.41) is 7.10. The molecule has 0 aliphatic rings. The monoisotopic (exact) mass is 541 g/mol. The maximum atomic E-state index is 5.94. The molecule has 2 aromatic carbocycles. The zero-order chi connectivity index (χ0) is 18.5. The number of benzene rings is 2. The Morgan fingerprint density at radius 2 is 2.04 bits per heavy atom. The van der Waals surface area contributed by atoms with Crippen LogP contribution in [0.25, 0.3) is 11.3 Å². The molecule has 1 N–H and O–H groups in total. The molecule has 3 aromatic rings. The largest absolute Gasteiger partial charge is 0.489 e. The number of nitrogens with zero attached hydrogens (tertiary/aromatic N) is 2. The van der Waals surface area contributed by atoms with E-state index in [2.05, 4.69) is 54.0 Å². The van der Waals surface area contributed by atoms with Crippen molar-refractivity contribution in [2.24, 2.45) is 5.10 Å². The van der Waals surface area contributed by atoms with Gasteiger partial charge < -0.3 is 4.74 Å². The Balaban J connectivity index is 1.76. The van der Waals surface area contributed by atoms with E-state index in [-0.39, 0.29) is 6.10 Å². The fourth-order valence-corrected chi connectivity index (χ4v) is 4.61. The van der Waals surface area contributed by atoms with Crippen LogP contribution in [0.4, 0.5) is 5.13 Å². The van der Waals surface area contributed by atoms with Crippen LogP contribution in [0.3, 0.4) is 0 Å². The number of hydrazone groups is 1. The van der Waals surface area contributed by atoms with Gasteiger partial charge in [-0.15, -0.1) is 11.3 Å². The first kappa shape index (κ1) is 19.3. The minimum Gasteiger partial charge on any atom is -0.489 e. The first-order chi connectivity index (χ1) is 12.5. The molecular formula is C19H17BrIN3OS. The molecule has 26 heavy (non-hydrogen) atoms. The second-order valence-corrected chi connectivity index (χ2v) is 8.68. The standard InChI is InChI=1S/C19H17BrIN3OS/c1-12(2)25-18-14(8-15(20)9-16(18)21)10-22-24-19-23-17(11-26-19)13-6-4-3-5-7-13/h3-12H,1-2H3,(H,23,24). The summed E-state index contributed by atoms with van der Waals surface area (Å²) in [6, 6.07) is 14.1. The average molecular weight is 542 g/mol. The number of rotatable bonds is 6. The van der Waals surface area contributed by atoms with Crippen LogP contribution in [0, 0.1) is 3.57 Å². The second kappa shape index (κ2) is 8.96. The molecule has 0 spiro atoms. The number of hydrogen-bond acceptors (Lipinski definition) is 5. The summed E-state index contributed by atoms with van der Waals surface area (Å²) < 4.78 is 7.96. The normalized spacial score (nSPS) is 11.3. The van der Waals surface area contributed by atoms with Gasteiger partial charge in [0.15, 0.2) is 0 Å². The van der Waals surface area contributed by atoms with Gasteiger partial charge in [0.1, 0.15) is 5.75 Å². The van der Waals surface area contributed by atoms with E-state index in [4.69, 9.17) is 4.74 Å². The number of thiazole rings is 1. The number of anilines is 1. The number of hydrogen-bond donors (Lipinski definition) is 1. The topological polar surface area (TPSA) is 46.5 Å². The van der Waals surface area contributed by atoms with Crippen LogP contribution >= 0.6 is 49.9 Å². The van der Waals surface area contributed by atoms with Crippen LogP contribution in [0.1, 0.15) is 19.4 Å². The van der Waals surface area contributed by atoms with Gasteiger partial charge in [-0.1, -0.05) is 46.3 Å². The molecule has 134 valence electrons. The van der Waals surface area contributed by atoms with Gasteiger partial charge in [-0.05, 0) is 48.6 Å². The van der Waals surface area contributed by atoms with Gasteiger partial charge in [-0.25, -0.2) is 4.98 Å². The smallest absolute Gasteiger partial charge is 0.203 e. The van der Waals surface area contributed by atoms with Gasteiger partial charge in [0, 0.05) is 21.0 Å². The highest BCUT2D eigenvalue weighted by atomic mass is 127. The molecule has 0 saturated carbocycles. The average Bonchev–Trinajstić information content (AvgIpc) is 3.07. The van der Waals surface area contributed by atoms with Crippen molar-refractivity contribution in [3.8, 4) is 17.0 Å². The summed E-state index contributed by atoms with van der Waals surface area (Å²) in [4.78, 5) is 4.57. The molecule has 1 heterocycles. The third-order valence-corrected chi connectivity index (χ3v) is 5.33. The number of nitrogens with one attached hydrogen (secondary N) is 1. The van der Waals surface area contributed by atoms with E-state index in [9.17, 15) is 0 Å². The maximum Gasteiger partial charge on any atom is 0.203 e. The van der Waals surface area contributed by atoms with E-state index >= 15 is 0 Å². The van der Waals surface area contributed by atoms with E-state index in [0.29, 0.717) is 0 Å². The van der Waals surface area contributed by atoms with Crippen LogP contribution in [0.5, 0.6) is 5.75 Å². The highest BCUT2D eigenvalue weighted by molar-refractivity contribution is 14.1. The van der Waals surface area contributed by atoms with Crippen molar-refractivity contribution in [3.05, 3.63) is 61.5 Å². The molecule has 0 aliphatic heterocycles. The lowest BCUT2D eigenvalue weighted by molar-refractivity contribution is 0.240. The van der Waals surface area contributed by atoms with Gasteiger partial charge in [0.25, 0.3) is 0 Å². The van der Waals surface area contributed by atoms with Crippen molar-refractivity contribution >= 4 is 61.2 Å². The fraction of sp³-hybridized carbons (Fsp3) is 0.158. The Labute approximate surface area is 179 Å². The van der Waals surface area contributed by atoms with Crippen LogP contribution in [-0.2, 0) is 0 Å². The van der Waals surface area contributed by atoms with Crippen LogP contribution in [-0.4, -0.2) is 17.3 Å². The van der Waals surface area contributed by atoms with Crippen molar-refractivity contribution in [1.29, 1.82) is 0 Å². The fourth-order valence-electron chi connectivity index (χ4n) is 2.26. The molecule has 7 heteroatoms. The van der Waals surface area contributed by atoms with Crippen molar-refractivity contribution in [1.82, 2.24) is 4.98 Å². The van der Waals surface area contributed by atoms with Gasteiger partial charge in [-0.2, -0.15) is 5.10 Å². The highest BCUT2D eigenvalue weighted by Gasteiger charge is 2.10. The number of ether oxygens (including phenoxy) is 1. The van der Waals surface area contributed by atoms with Crippen molar-refractivity contribution in [2.75, 3.05) is 5.43 Å². The van der Waals surface area contributed by atoms with Gasteiger partial charge >= 0.3 is 0 Å². The zero-order valence-corrected chi connectivity index (χ0v) is 18.8. The summed E-state index contributed by atoms with van der Waals surface area (Å²) in [5.74, 6) is 0.832. The zero-order valence-electron chi connectivity index (χ0n) is 14.2. The third kappa shape index (κ3) is 5.05. The molecule has 4 nitrogen and oxygen atoms in total. The Hall–Kier alpha value is -1.45. The van der Waals surface area contributed by atoms with E-state index < -0.39 is 0 Å². The number of halogens is 2. The molecule has 0 radical (unpaired) electrons. The van der Waals surface area contributed by atoms with Crippen molar-refractivity contribution in [2.45, 2.75) is 20.0 Å². The quantitative estimate of drug-likeness (QED) is 0.223. The summed E-state index contributed by atoms with van der Waals surface area (Å²) in [6.07, 6.45) is 1.85. The Morgan fingerprint density at radius 3 is 2.77 bits per heavy atom. The highest BCUT2D eigenvalue weighted by Crippen LogP contribution is 2.30. The number of aromatic nitrogens is 1. The van der Waals surface area contributed by atoms with Crippen LogP contribution in [0.15, 0.2) is 57.4 Å². The Bertz CT molecular complexity index is 912. The lowest BCUT2D eigenvalue weighted by Crippen LogP contribution is -2.09. The minimum atomic E-state index is 0.0946. The second-order valence-electron chi connectivity index (χ2n) is 5.75. The molecular weight excluding hydrogens is 525 g/mol. The summed E-state index contributed by atoms with van der Waals surface area (Å²) in [6.45, 7) is 4.02. The minimum absolute atomic E-state index is 0.0946. The SMILES string of the molecule is CC(C)Oc1c(I)cc(Br)cc1C=NNc1nc(-c2ccccc2)cs1. The lowest BCUT2D eigenvalue weighted by atomic mass is 10.2. The predicted octanol–water partition coefficient (Wildman–Crippen LogP) is 6.41. The van der Waals surface area contributed by atoms with Gasteiger partial charge in [-0.3, -0.25) is 5.43 Å². The van der Waals surface area contributed by atoms with E-state index in [1.54, 1.807) is 6.21 Å². The Morgan fingerprint density at radius 1 is 1.27 bits per heavy atom. The lowest BCUT2D eigenvalue weighted by Gasteiger charge is -2.14. The molecule has 0 amide bonds. The summed E-state index contributed by atoms with van der Waals surface area (Å²) >= 11 is 7.32. The van der Waals surface area contributed by atoms with E-state index in [0.717, 1.165) is 35.7 Å². The van der Waals surface area contributed by atoms with Crippen LogP contribution in [0.2, 0.25) is 0 Å². The predicted molar refractivity (Wildman–Crippen MR) is 121 cm³/mol. The molecule has 3 rings (SSSR count). The molecule has 0 aliphatic carbocycles. The molecule has 1 aromatic heterocycles. The summed E-state index contributed by atoms with van der Waals surface area (Å²) in [7, 11) is 0. The van der Waals surface area contributed by atoms with Crippen LogP contribution < -0.4 is 10.2 Å². The van der Waals surface area contributed by atoms with E-state index in [1.165, 1.54) is 11.3 Å². The summed E-state index contributed by atoms with van der Waals surface area (Å²) in [5.41, 5.74) is 5.95. The Kier molecular flexibility index (Phi) is 6.66. The van der Waals surface area contributed by atoms with Gasteiger partial charge in [0.2, 0.25) is 5.13 Å².